The monoisotopic (exact) mass is 308 g/mol. The number of fused-ring (bicyclic) bond motifs is 1. The number of hydrogen-bond acceptors (Lipinski definition) is 3. The maximum absolute atomic E-state index is 11.9. The van der Waals surface area contributed by atoms with Crippen molar-refractivity contribution >= 4 is 5.91 Å². The van der Waals surface area contributed by atoms with Gasteiger partial charge < -0.3 is 10.1 Å². The molecule has 1 aliphatic heterocycles. The molecule has 1 saturated heterocycles. The van der Waals surface area contributed by atoms with E-state index in [1.807, 2.05) is 0 Å². The van der Waals surface area contributed by atoms with Gasteiger partial charge in [0.25, 0.3) is 0 Å². The molecule has 0 spiro atoms. The molecule has 4 nitrogen and oxygen atoms in total. The first-order valence-electron chi connectivity index (χ1n) is 9.13. The van der Waals surface area contributed by atoms with E-state index in [-0.39, 0.29) is 5.91 Å². The van der Waals surface area contributed by atoms with Crippen molar-refractivity contribution in [1.29, 1.82) is 0 Å². The Hall–Kier alpha value is -0.610. The molecule has 3 aliphatic rings. The predicted molar refractivity (Wildman–Crippen MR) is 87.6 cm³/mol. The van der Waals surface area contributed by atoms with E-state index in [0.29, 0.717) is 30.5 Å². The Kier molecular flexibility index (Phi) is 5.08. The minimum Gasteiger partial charge on any atom is -0.378 e. The molecule has 4 atom stereocenters. The molecule has 1 amide bonds. The van der Waals surface area contributed by atoms with Crippen molar-refractivity contribution in [2.45, 2.75) is 58.1 Å². The second kappa shape index (κ2) is 6.88. The van der Waals surface area contributed by atoms with Crippen molar-refractivity contribution in [1.82, 2.24) is 10.2 Å². The fraction of sp³-hybridized carbons (Fsp3) is 0.944. The standard InChI is InChI=1S/C18H32N2O2/c1-12(2)17-8-14-6-16(7-15(14)11-22-17)20(9-13-4-5-13)10-18(21)19-3/h12-17H,4-11H2,1-3H3,(H,19,21)/t14-,15+,16-,17-/m0/s1. The molecule has 0 bridgehead atoms. The van der Waals surface area contributed by atoms with Crippen LogP contribution in [0, 0.1) is 23.7 Å². The first-order chi connectivity index (χ1) is 10.6. The number of likely N-dealkylation sites (N-methyl/N-ethyl adjacent to an activating group) is 1. The van der Waals surface area contributed by atoms with Crippen LogP contribution in [0.2, 0.25) is 0 Å². The van der Waals surface area contributed by atoms with Crippen LogP contribution in [0.1, 0.15) is 46.0 Å². The van der Waals surface area contributed by atoms with Crippen LogP contribution in [0.5, 0.6) is 0 Å². The Morgan fingerprint density at radius 1 is 1.23 bits per heavy atom. The molecule has 2 saturated carbocycles. The fourth-order valence-corrected chi connectivity index (χ4v) is 4.29. The summed E-state index contributed by atoms with van der Waals surface area (Å²) in [4.78, 5) is 14.3. The summed E-state index contributed by atoms with van der Waals surface area (Å²) >= 11 is 0. The molecule has 2 aliphatic carbocycles. The van der Waals surface area contributed by atoms with Gasteiger partial charge in [-0.1, -0.05) is 13.8 Å². The number of carbonyl (C=O) groups is 1. The topological polar surface area (TPSA) is 41.6 Å². The predicted octanol–water partition coefficient (Wildman–Crippen LogP) is 2.28. The van der Waals surface area contributed by atoms with Gasteiger partial charge >= 0.3 is 0 Å². The van der Waals surface area contributed by atoms with Crippen molar-refractivity contribution in [2.75, 3.05) is 26.7 Å². The highest BCUT2D eigenvalue weighted by Gasteiger charge is 2.42. The third kappa shape index (κ3) is 3.83. The lowest BCUT2D eigenvalue weighted by Gasteiger charge is -2.34. The van der Waals surface area contributed by atoms with Crippen LogP contribution in [-0.2, 0) is 9.53 Å². The first kappa shape index (κ1) is 16.3. The summed E-state index contributed by atoms with van der Waals surface area (Å²) in [6.45, 7) is 7.16. The van der Waals surface area contributed by atoms with Crippen LogP contribution in [-0.4, -0.2) is 49.7 Å². The van der Waals surface area contributed by atoms with Gasteiger partial charge in [0.15, 0.2) is 0 Å². The van der Waals surface area contributed by atoms with Crippen LogP contribution >= 0.6 is 0 Å². The maximum atomic E-state index is 11.9. The van der Waals surface area contributed by atoms with Gasteiger partial charge in [-0.3, -0.25) is 9.69 Å². The number of amides is 1. The number of rotatable bonds is 6. The molecule has 4 heteroatoms. The lowest BCUT2D eigenvalue weighted by molar-refractivity contribution is -0.122. The molecule has 3 fully saturated rings. The summed E-state index contributed by atoms with van der Waals surface area (Å²) in [5.74, 6) is 3.14. The zero-order valence-corrected chi connectivity index (χ0v) is 14.4. The SMILES string of the molecule is CNC(=O)CN(CC1CC1)[C@@H]1C[C@@H]2CO[C@H](C(C)C)C[C@@H]2C1. The molecule has 126 valence electrons. The molecule has 0 radical (unpaired) electrons. The maximum Gasteiger partial charge on any atom is 0.233 e. The van der Waals surface area contributed by atoms with E-state index in [0.717, 1.165) is 25.0 Å². The van der Waals surface area contributed by atoms with Crippen molar-refractivity contribution < 1.29 is 9.53 Å². The quantitative estimate of drug-likeness (QED) is 0.818. The number of ether oxygens (including phenoxy) is 1. The van der Waals surface area contributed by atoms with Gasteiger partial charge in [0.05, 0.1) is 19.3 Å². The minimum atomic E-state index is 0.159. The normalized spacial score (nSPS) is 35.0. The summed E-state index contributed by atoms with van der Waals surface area (Å²) in [6.07, 6.45) is 6.84. The van der Waals surface area contributed by atoms with Crippen molar-refractivity contribution in [3.8, 4) is 0 Å². The van der Waals surface area contributed by atoms with Gasteiger partial charge in [-0.2, -0.15) is 0 Å². The van der Waals surface area contributed by atoms with Gasteiger partial charge in [-0.05, 0) is 55.8 Å². The Labute approximate surface area is 135 Å². The van der Waals surface area contributed by atoms with Crippen LogP contribution < -0.4 is 5.32 Å². The number of nitrogens with zero attached hydrogens (tertiary/aromatic N) is 1. The number of nitrogens with one attached hydrogen (secondary N) is 1. The largest absolute Gasteiger partial charge is 0.378 e. The Morgan fingerprint density at radius 2 is 1.95 bits per heavy atom. The average molecular weight is 308 g/mol. The van der Waals surface area contributed by atoms with E-state index < -0.39 is 0 Å². The molecule has 1 N–H and O–H groups in total. The lowest BCUT2D eigenvalue weighted by Crippen LogP contribution is -2.42. The van der Waals surface area contributed by atoms with Crippen molar-refractivity contribution in [3.05, 3.63) is 0 Å². The van der Waals surface area contributed by atoms with Crippen LogP contribution in [0.25, 0.3) is 0 Å². The van der Waals surface area contributed by atoms with E-state index in [9.17, 15) is 4.79 Å². The molecular weight excluding hydrogens is 276 g/mol. The highest BCUT2D eigenvalue weighted by Crippen LogP contribution is 2.43. The van der Waals surface area contributed by atoms with E-state index in [1.54, 1.807) is 7.05 Å². The highest BCUT2D eigenvalue weighted by atomic mass is 16.5. The molecule has 0 aromatic heterocycles. The number of carbonyl (C=O) groups excluding carboxylic acids is 1. The summed E-state index contributed by atoms with van der Waals surface area (Å²) in [7, 11) is 1.74. The van der Waals surface area contributed by atoms with Gasteiger partial charge in [0, 0.05) is 19.6 Å². The van der Waals surface area contributed by atoms with Crippen LogP contribution in [0.4, 0.5) is 0 Å². The summed E-state index contributed by atoms with van der Waals surface area (Å²) < 4.78 is 6.08. The molecule has 0 aromatic rings. The van der Waals surface area contributed by atoms with E-state index in [1.165, 1.54) is 32.1 Å². The van der Waals surface area contributed by atoms with E-state index in [4.69, 9.17) is 4.74 Å². The zero-order chi connectivity index (χ0) is 15.7. The molecule has 0 aromatic carbocycles. The Morgan fingerprint density at radius 3 is 2.59 bits per heavy atom. The van der Waals surface area contributed by atoms with Crippen LogP contribution in [0.15, 0.2) is 0 Å². The molecule has 3 rings (SSSR count). The third-order valence-corrected chi connectivity index (χ3v) is 5.95. The second-order valence-electron chi connectivity index (χ2n) is 8.04. The highest BCUT2D eigenvalue weighted by molar-refractivity contribution is 5.77. The van der Waals surface area contributed by atoms with Gasteiger partial charge in [-0.25, -0.2) is 0 Å². The fourth-order valence-electron chi connectivity index (χ4n) is 4.29. The first-order valence-corrected chi connectivity index (χ1v) is 9.13. The Bertz CT molecular complexity index is 395. The molecular formula is C18H32N2O2. The average Bonchev–Trinajstić information content (AvgIpc) is 3.21. The summed E-state index contributed by atoms with van der Waals surface area (Å²) in [5.41, 5.74) is 0. The van der Waals surface area contributed by atoms with Gasteiger partial charge in [0.2, 0.25) is 5.91 Å². The molecule has 1 heterocycles. The van der Waals surface area contributed by atoms with Gasteiger partial charge in [-0.15, -0.1) is 0 Å². The summed E-state index contributed by atoms with van der Waals surface area (Å²) in [6, 6.07) is 0.586. The smallest absolute Gasteiger partial charge is 0.233 e. The summed E-state index contributed by atoms with van der Waals surface area (Å²) in [5, 5.41) is 2.79. The Balaban J connectivity index is 1.59. The van der Waals surface area contributed by atoms with Crippen molar-refractivity contribution in [2.24, 2.45) is 23.7 Å². The number of hydrogen-bond donors (Lipinski definition) is 1. The third-order valence-electron chi connectivity index (χ3n) is 5.95. The van der Waals surface area contributed by atoms with E-state index >= 15 is 0 Å². The van der Waals surface area contributed by atoms with Crippen molar-refractivity contribution in [3.63, 3.8) is 0 Å². The zero-order valence-electron chi connectivity index (χ0n) is 14.4. The molecule has 0 unspecified atom stereocenters. The molecule has 22 heavy (non-hydrogen) atoms. The minimum absolute atomic E-state index is 0.159. The second-order valence-corrected chi connectivity index (χ2v) is 8.04. The van der Waals surface area contributed by atoms with Crippen LogP contribution in [0.3, 0.4) is 0 Å². The van der Waals surface area contributed by atoms with E-state index in [2.05, 4.69) is 24.1 Å². The van der Waals surface area contributed by atoms with Gasteiger partial charge in [0.1, 0.15) is 0 Å². The lowest BCUT2D eigenvalue weighted by atomic mass is 9.85.